The molecule has 0 spiro atoms. The molecule has 2 bridgehead atoms. The second-order valence-corrected chi connectivity index (χ2v) is 17.1. The van der Waals surface area contributed by atoms with Crippen LogP contribution in [-0.4, -0.2) is 43.9 Å². The highest BCUT2D eigenvalue weighted by Gasteiger charge is 2.57. The molecule has 208 valence electrons. The van der Waals surface area contributed by atoms with Crippen molar-refractivity contribution in [3.8, 4) is 5.75 Å². The van der Waals surface area contributed by atoms with Crippen molar-refractivity contribution in [1.29, 1.82) is 0 Å². The van der Waals surface area contributed by atoms with Crippen LogP contribution in [-0.2, 0) is 30.5 Å². The number of nitro groups is 1. The molecule has 1 saturated carbocycles. The van der Waals surface area contributed by atoms with Crippen LogP contribution in [0.5, 0.6) is 5.75 Å². The Hall–Kier alpha value is -3.53. The SMILES string of the molecule is CCCOC(=O)C1C2C(=O)CC(c3ccc(OCc4ccc([N+](=O)[O-])cc4)cc32)C1C(=O)OCC[Si](C)(C)C. The van der Waals surface area contributed by atoms with E-state index in [1.165, 1.54) is 12.1 Å². The lowest BCUT2D eigenvalue weighted by Crippen LogP contribution is -2.50. The zero-order valence-electron chi connectivity index (χ0n) is 22.8. The van der Waals surface area contributed by atoms with Gasteiger partial charge >= 0.3 is 11.9 Å². The fourth-order valence-corrected chi connectivity index (χ4v) is 6.09. The Morgan fingerprint density at radius 1 is 0.974 bits per heavy atom. The average Bonchev–Trinajstić information content (AvgIpc) is 2.89. The highest BCUT2D eigenvalue weighted by molar-refractivity contribution is 6.76. The summed E-state index contributed by atoms with van der Waals surface area (Å²) in [6, 6.07) is 12.3. The van der Waals surface area contributed by atoms with Crippen LogP contribution < -0.4 is 4.74 Å². The van der Waals surface area contributed by atoms with Crippen molar-refractivity contribution in [1.82, 2.24) is 0 Å². The van der Waals surface area contributed by atoms with Crippen LogP contribution >= 0.6 is 0 Å². The van der Waals surface area contributed by atoms with Gasteiger partial charge in [-0.25, -0.2) is 0 Å². The third-order valence-corrected chi connectivity index (χ3v) is 9.09. The van der Waals surface area contributed by atoms with Crippen LogP contribution in [0.1, 0.15) is 48.3 Å². The average molecular weight is 554 g/mol. The number of hydrogen-bond donors (Lipinski definition) is 0. The van der Waals surface area contributed by atoms with Gasteiger partial charge < -0.3 is 14.2 Å². The molecular formula is C29H35NO8Si. The van der Waals surface area contributed by atoms with E-state index in [0.717, 1.165) is 17.2 Å². The van der Waals surface area contributed by atoms with E-state index in [0.29, 0.717) is 24.3 Å². The number of nitro benzene ring substituents is 1. The van der Waals surface area contributed by atoms with Gasteiger partial charge in [-0.1, -0.05) is 32.6 Å². The lowest BCUT2D eigenvalue weighted by Gasteiger charge is -2.46. The van der Waals surface area contributed by atoms with Gasteiger partial charge in [0.05, 0.1) is 35.9 Å². The first-order valence-corrected chi connectivity index (χ1v) is 17.1. The molecule has 5 rings (SSSR count). The molecule has 2 aromatic carbocycles. The maximum absolute atomic E-state index is 13.4. The number of benzene rings is 2. The molecule has 0 heterocycles. The molecule has 0 amide bonds. The zero-order chi connectivity index (χ0) is 28.3. The van der Waals surface area contributed by atoms with E-state index in [-0.39, 0.29) is 31.1 Å². The minimum Gasteiger partial charge on any atom is -0.489 e. The molecule has 2 aromatic rings. The molecule has 3 aliphatic carbocycles. The molecule has 0 aromatic heterocycles. The Balaban J connectivity index is 1.59. The number of ketones is 1. The largest absolute Gasteiger partial charge is 0.489 e. The quantitative estimate of drug-likeness (QED) is 0.157. The van der Waals surface area contributed by atoms with Gasteiger partial charge in [-0.2, -0.15) is 0 Å². The Morgan fingerprint density at radius 2 is 1.64 bits per heavy atom. The number of esters is 2. The smallest absolute Gasteiger partial charge is 0.310 e. The molecule has 0 N–H and O–H groups in total. The lowest BCUT2D eigenvalue weighted by atomic mass is 9.55. The molecule has 3 aliphatic rings. The van der Waals surface area contributed by atoms with E-state index in [1.54, 1.807) is 24.3 Å². The molecule has 1 fully saturated rings. The van der Waals surface area contributed by atoms with Crippen LogP contribution in [0, 0.1) is 22.0 Å². The summed E-state index contributed by atoms with van der Waals surface area (Å²) in [5.41, 5.74) is 2.28. The van der Waals surface area contributed by atoms with Gasteiger partial charge in [0, 0.05) is 32.5 Å². The molecule has 4 atom stereocenters. The summed E-state index contributed by atoms with van der Waals surface area (Å²) in [6.45, 7) is 9.17. The van der Waals surface area contributed by atoms with E-state index in [2.05, 4.69) is 19.6 Å². The molecular weight excluding hydrogens is 518 g/mol. The number of nitrogens with zero attached hydrogens (tertiary/aromatic N) is 1. The summed E-state index contributed by atoms with van der Waals surface area (Å²) < 4.78 is 17.1. The number of fused-ring (bicyclic) bond motifs is 2. The molecule has 0 aliphatic heterocycles. The monoisotopic (exact) mass is 553 g/mol. The first kappa shape index (κ1) is 28.5. The van der Waals surface area contributed by atoms with E-state index >= 15 is 0 Å². The normalized spacial score (nSPS) is 21.7. The van der Waals surface area contributed by atoms with Gasteiger partial charge in [0.1, 0.15) is 18.1 Å². The molecule has 9 nitrogen and oxygen atoms in total. The van der Waals surface area contributed by atoms with Crippen molar-refractivity contribution in [2.45, 2.75) is 63.9 Å². The van der Waals surface area contributed by atoms with Gasteiger partial charge in [-0.05, 0) is 53.4 Å². The minimum absolute atomic E-state index is 0.00312. The van der Waals surface area contributed by atoms with Crippen LogP contribution in [0.15, 0.2) is 42.5 Å². The van der Waals surface area contributed by atoms with Gasteiger partial charge in [-0.15, -0.1) is 0 Å². The van der Waals surface area contributed by atoms with Crippen molar-refractivity contribution in [3.05, 3.63) is 69.3 Å². The summed E-state index contributed by atoms with van der Waals surface area (Å²) in [6.07, 6.45) is 0.801. The van der Waals surface area contributed by atoms with Crippen molar-refractivity contribution < 1.29 is 33.5 Å². The van der Waals surface area contributed by atoms with Crippen LogP contribution in [0.25, 0.3) is 0 Å². The van der Waals surface area contributed by atoms with Gasteiger partial charge in [-0.3, -0.25) is 24.5 Å². The van der Waals surface area contributed by atoms with E-state index in [9.17, 15) is 24.5 Å². The molecule has 39 heavy (non-hydrogen) atoms. The van der Waals surface area contributed by atoms with Gasteiger partial charge in [0.2, 0.25) is 0 Å². The molecule has 0 radical (unpaired) electrons. The Kier molecular flexibility index (Phi) is 8.53. The first-order valence-electron chi connectivity index (χ1n) is 13.4. The fraction of sp³-hybridized carbons (Fsp3) is 0.483. The third kappa shape index (κ3) is 6.38. The zero-order valence-corrected chi connectivity index (χ0v) is 23.8. The highest BCUT2D eigenvalue weighted by atomic mass is 28.3. The van der Waals surface area contributed by atoms with Crippen LogP contribution in [0.2, 0.25) is 25.7 Å². The number of ether oxygens (including phenoxy) is 3. The number of non-ortho nitro benzene ring substituents is 1. The fourth-order valence-electron chi connectivity index (χ4n) is 5.38. The number of rotatable bonds is 11. The predicted molar refractivity (Wildman–Crippen MR) is 146 cm³/mol. The van der Waals surface area contributed by atoms with Crippen molar-refractivity contribution >= 4 is 31.5 Å². The lowest BCUT2D eigenvalue weighted by molar-refractivity contribution is -0.384. The molecule has 10 heteroatoms. The van der Waals surface area contributed by atoms with Crippen LogP contribution in [0.3, 0.4) is 0 Å². The Labute approximate surface area is 229 Å². The number of Topliss-reactive ketones (excluding diaryl/α,β-unsaturated/α-hetero) is 1. The second-order valence-electron chi connectivity index (χ2n) is 11.5. The standard InChI is InChI=1S/C29H35NO8Si/c1-5-12-36-29(33)27-25-22-15-20(38-17-18-6-8-19(9-7-18)30(34)35)10-11-21(22)23(16-24(25)31)26(27)28(32)37-13-14-39(2,3)4/h6-11,15,23,25-27H,5,12-14,16-17H2,1-4H3. The highest BCUT2D eigenvalue weighted by Crippen LogP contribution is 2.55. The van der Waals surface area contributed by atoms with Crippen LogP contribution in [0.4, 0.5) is 5.69 Å². The van der Waals surface area contributed by atoms with E-state index < -0.39 is 48.6 Å². The van der Waals surface area contributed by atoms with Crippen molar-refractivity contribution in [3.63, 3.8) is 0 Å². The van der Waals surface area contributed by atoms with Crippen molar-refractivity contribution in [2.24, 2.45) is 11.8 Å². The summed E-state index contributed by atoms with van der Waals surface area (Å²) in [5.74, 6) is -3.59. The van der Waals surface area contributed by atoms with Crippen molar-refractivity contribution in [2.75, 3.05) is 13.2 Å². The number of carbonyl (C=O) groups excluding carboxylic acids is 3. The number of hydrogen-bond acceptors (Lipinski definition) is 8. The summed E-state index contributed by atoms with van der Waals surface area (Å²) in [7, 11) is -1.43. The maximum atomic E-state index is 13.4. The molecule has 4 unspecified atom stereocenters. The Morgan fingerprint density at radius 3 is 2.28 bits per heavy atom. The second kappa shape index (κ2) is 11.7. The predicted octanol–water partition coefficient (Wildman–Crippen LogP) is 5.39. The van der Waals surface area contributed by atoms with E-state index in [4.69, 9.17) is 14.2 Å². The van der Waals surface area contributed by atoms with E-state index in [1.807, 2.05) is 13.0 Å². The first-order chi connectivity index (χ1) is 18.5. The number of carbonyl (C=O) groups is 3. The third-order valence-electron chi connectivity index (χ3n) is 7.38. The topological polar surface area (TPSA) is 122 Å². The minimum atomic E-state index is -1.43. The van der Waals surface area contributed by atoms with Gasteiger partial charge in [0.25, 0.3) is 5.69 Å². The summed E-state index contributed by atoms with van der Waals surface area (Å²) in [5, 5.41) is 10.9. The van der Waals surface area contributed by atoms with Gasteiger partial charge in [0.15, 0.2) is 0 Å². The Bertz CT molecular complexity index is 1250. The summed E-state index contributed by atoms with van der Waals surface area (Å²) in [4.78, 5) is 50.3. The maximum Gasteiger partial charge on any atom is 0.310 e. The molecule has 0 saturated heterocycles. The summed E-state index contributed by atoms with van der Waals surface area (Å²) >= 11 is 0.